The Morgan fingerprint density at radius 1 is 1.50 bits per heavy atom. The lowest BCUT2D eigenvalue weighted by Gasteiger charge is -2.06. The monoisotopic (exact) mass is 243 g/mol. The van der Waals surface area contributed by atoms with Crippen molar-refractivity contribution < 1.29 is 8.42 Å². The number of rotatable bonds is 4. The highest BCUT2D eigenvalue weighted by atomic mass is 32.2. The topological polar surface area (TPSA) is 64.0 Å². The van der Waals surface area contributed by atoms with Crippen molar-refractivity contribution in [3.63, 3.8) is 0 Å². The molecule has 0 aliphatic carbocycles. The lowest BCUT2D eigenvalue weighted by atomic mass is 10.4. The fourth-order valence-electron chi connectivity index (χ4n) is 1.43. The molecule has 0 atom stereocenters. The predicted octanol–water partition coefficient (Wildman–Crippen LogP) is 0.891. The van der Waals surface area contributed by atoms with Crippen LogP contribution in [-0.2, 0) is 17.1 Å². The molecule has 0 amide bonds. The van der Waals surface area contributed by atoms with Crippen molar-refractivity contribution in [3.8, 4) is 0 Å². The summed E-state index contributed by atoms with van der Waals surface area (Å²) < 4.78 is 28.0. The molecule has 0 aliphatic heterocycles. The Kier molecular flexibility index (Phi) is 3.54. The third-order valence-corrected chi connectivity index (χ3v) is 3.93. The number of nitrogens with one attached hydrogen (secondary N) is 1. The SMILES string of the molecule is C=C(C)CNS(=O)(=O)c1c(C)nn(C)c1C. The molecule has 5 nitrogen and oxygen atoms in total. The first-order valence-electron chi connectivity index (χ1n) is 4.90. The number of nitrogens with zero attached hydrogens (tertiary/aromatic N) is 2. The molecule has 0 aliphatic rings. The third-order valence-electron chi connectivity index (χ3n) is 2.28. The molecule has 1 N–H and O–H groups in total. The van der Waals surface area contributed by atoms with Crippen molar-refractivity contribution in [2.45, 2.75) is 25.7 Å². The minimum atomic E-state index is -3.49. The maximum atomic E-state index is 12.0. The van der Waals surface area contributed by atoms with Gasteiger partial charge in [0.1, 0.15) is 4.90 Å². The van der Waals surface area contributed by atoms with Gasteiger partial charge >= 0.3 is 0 Å². The molecule has 16 heavy (non-hydrogen) atoms. The highest BCUT2D eigenvalue weighted by molar-refractivity contribution is 7.89. The van der Waals surface area contributed by atoms with E-state index in [4.69, 9.17) is 0 Å². The summed E-state index contributed by atoms with van der Waals surface area (Å²) in [5.41, 5.74) is 1.91. The Bertz CT molecular complexity index is 514. The molecule has 0 unspecified atom stereocenters. The molecule has 90 valence electrons. The van der Waals surface area contributed by atoms with E-state index in [1.807, 2.05) is 0 Å². The second kappa shape index (κ2) is 4.39. The average Bonchev–Trinajstić information content (AvgIpc) is 2.38. The van der Waals surface area contributed by atoms with Crippen LogP contribution in [0.5, 0.6) is 0 Å². The van der Waals surface area contributed by atoms with E-state index < -0.39 is 10.0 Å². The molecule has 0 spiro atoms. The molecule has 1 rings (SSSR count). The van der Waals surface area contributed by atoms with Crippen LogP contribution in [0.25, 0.3) is 0 Å². The fraction of sp³-hybridized carbons (Fsp3) is 0.500. The summed E-state index contributed by atoms with van der Waals surface area (Å²) in [4.78, 5) is 0.260. The van der Waals surface area contributed by atoms with Crippen LogP contribution >= 0.6 is 0 Å². The van der Waals surface area contributed by atoms with Gasteiger partial charge in [0.15, 0.2) is 0 Å². The molecule has 0 bridgehead atoms. The van der Waals surface area contributed by atoms with Gasteiger partial charge in [-0.1, -0.05) is 12.2 Å². The van der Waals surface area contributed by atoms with Gasteiger partial charge in [-0.3, -0.25) is 4.68 Å². The molecule has 1 aromatic rings. The number of sulfonamides is 1. The highest BCUT2D eigenvalue weighted by Crippen LogP contribution is 2.18. The van der Waals surface area contributed by atoms with Crippen LogP contribution in [-0.4, -0.2) is 24.7 Å². The van der Waals surface area contributed by atoms with Gasteiger partial charge < -0.3 is 0 Å². The summed E-state index contributed by atoms with van der Waals surface area (Å²) in [7, 11) is -1.77. The van der Waals surface area contributed by atoms with Crippen LogP contribution in [0.4, 0.5) is 0 Å². The van der Waals surface area contributed by atoms with Gasteiger partial charge in [-0.15, -0.1) is 0 Å². The number of hydrogen-bond acceptors (Lipinski definition) is 3. The molecular formula is C10H17N3O2S. The van der Waals surface area contributed by atoms with E-state index in [2.05, 4.69) is 16.4 Å². The highest BCUT2D eigenvalue weighted by Gasteiger charge is 2.22. The van der Waals surface area contributed by atoms with Crippen LogP contribution in [0, 0.1) is 13.8 Å². The Labute approximate surface area is 96.2 Å². The molecule has 0 fully saturated rings. The molecule has 6 heteroatoms. The third kappa shape index (κ3) is 2.51. The first-order valence-corrected chi connectivity index (χ1v) is 6.38. The van der Waals surface area contributed by atoms with Gasteiger partial charge in [0.05, 0.1) is 11.4 Å². The van der Waals surface area contributed by atoms with E-state index in [0.29, 0.717) is 11.4 Å². The largest absolute Gasteiger partial charge is 0.271 e. The lowest BCUT2D eigenvalue weighted by Crippen LogP contribution is -2.26. The molecule has 1 heterocycles. The predicted molar refractivity (Wildman–Crippen MR) is 62.7 cm³/mol. The van der Waals surface area contributed by atoms with E-state index in [-0.39, 0.29) is 11.4 Å². The minimum absolute atomic E-state index is 0.246. The zero-order valence-corrected chi connectivity index (χ0v) is 10.8. The smallest absolute Gasteiger partial charge is 0.244 e. The lowest BCUT2D eigenvalue weighted by molar-refractivity contribution is 0.583. The summed E-state index contributed by atoms with van der Waals surface area (Å²) in [5, 5.41) is 4.08. The van der Waals surface area contributed by atoms with Crippen molar-refractivity contribution >= 4 is 10.0 Å². The van der Waals surface area contributed by atoms with Crippen molar-refractivity contribution in [2.24, 2.45) is 7.05 Å². The van der Waals surface area contributed by atoms with Crippen molar-refractivity contribution in [1.29, 1.82) is 0 Å². The molecular weight excluding hydrogens is 226 g/mol. The first-order chi connectivity index (χ1) is 7.25. The summed E-state index contributed by atoms with van der Waals surface area (Å²) >= 11 is 0. The van der Waals surface area contributed by atoms with E-state index in [9.17, 15) is 8.42 Å². The Balaban J connectivity index is 3.12. The maximum Gasteiger partial charge on any atom is 0.244 e. The number of aromatic nitrogens is 2. The number of hydrogen-bond donors (Lipinski definition) is 1. The molecule has 0 radical (unpaired) electrons. The van der Waals surface area contributed by atoms with Gasteiger partial charge in [0.2, 0.25) is 10.0 Å². The van der Waals surface area contributed by atoms with E-state index in [1.165, 1.54) is 0 Å². The molecule has 1 aromatic heterocycles. The molecule has 0 saturated heterocycles. The second-order valence-electron chi connectivity index (χ2n) is 3.91. The van der Waals surface area contributed by atoms with Gasteiger partial charge in [0, 0.05) is 13.6 Å². The van der Waals surface area contributed by atoms with Crippen LogP contribution in [0.2, 0.25) is 0 Å². The zero-order chi connectivity index (χ0) is 12.5. The average molecular weight is 243 g/mol. The maximum absolute atomic E-state index is 12.0. The quantitative estimate of drug-likeness (QED) is 0.799. The number of aryl methyl sites for hydroxylation is 2. The summed E-state index contributed by atoms with van der Waals surface area (Å²) in [6.07, 6.45) is 0. The zero-order valence-electron chi connectivity index (χ0n) is 10.0. The van der Waals surface area contributed by atoms with Crippen molar-refractivity contribution in [2.75, 3.05) is 6.54 Å². The Hall–Kier alpha value is -1.14. The standard InChI is InChI=1S/C10H17N3O2S/c1-7(2)6-11-16(14,15)10-8(3)12-13(5)9(10)4/h11H,1,6H2,2-5H3. The molecule has 0 aromatic carbocycles. The summed E-state index contributed by atoms with van der Waals surface area (Å²) in [6.45, 7) is 9.08. The van der Waals surface area contributed by atoms with Crippen LogP contribution in [0.1, 0.15) is 18.3 Å². The van der Waals surface area contributed by atoms with Crippen LogP contribution in [0.3, 0.4) is 0 Å². The second-order valence-corrected chi connectivity index (χ2v) is 5.61. The summed E-state index contributed by atoms with van der Waals surface area (Å²) in [6, 6.07) is 0. The normalized spacial score (nSPS) is 11.8. The van der Waals surface area contributed by atoms with Crippen molar-refractivity contribution in [3.05, 3.63) is 23.5 Å². The summed E-state index contributed by atoms with van der Waals surface area (Å²) in [5.74, 6) is 0. The van der Waals surface area contributed by atoms with Crippen molar-refractivity contribution in [1.82, 2.24) is 14.5 Å². The van der Waals surface area contributed by atoms with E-state index in [1.54, 1.807) is 32.5 Å². The van der Waals surface area contributed by atoms with Gasteiger partial charge in [-0.25, -0.2) is 13.1 Å². The van der Waals surface area contributed by atoms with Crippen LogP contribution in [0.15, 0.2) is 17.0 Å². The van der Waals surface area contributed by atoms with Gasteiger partial charge in [-0.2, -0.15) is 5.10 Å². The molecule has 0 saturated carbocycles. The van der Waals surface area contributed by atoms with E-state index >= 15 is 0 Å². The minimum Gasteiger partial charge on any atom is -0.271 e. The first kappa shape index (κ1) is 12.9. The Morgan fingerprint density at radius 2 is 2.06 bits per heavy atom. The van der Waals surface area contributed by atoms with Crippen LogP contribution < -0.4 is 4.72 Å². The van der Waals surface area contributed by atoms with Gasteiger partial charge in [-0.05, 0) is 20.8 Å². The Morgan fingerprint density at radius 3 is 2.44 bits per heavy atom. The van der Waals surface area contributed by atoms with E-state index in [0.717, 1.165) is 5.57 Å². The van der Waals surface area contributed by atoms with Gasteiger partial charge in [0.25, 0.3) is 0 Å². The fourth-order valence-corrected chi connectivity index (χ4v) is 2.96.